The summed E-state index contributed by atoms with van der Waals surface area (Å²) in [6.45, 7) is 3.87. The minimum Gasteiger partial charge on any atom is -0.379 e. The summed E-state index contributed by atoms with van der Waals surface area (Å²) in [6.07, 6.45) is 3.51. The van der Waals surface area contributed by atoms with Crippen LogP contribution in [0.15, 0.2) is 48.8 Å². The largest absolute Gasteiger partial charge is 0.379 e. The summed E-state index contributed by atoms with van der Waals surface area (Å²) in [7, 11) is 0. The van der Waals surface area contributed by atoms with Gasteiger partial charge in [0, 0.05) is 36.1 Å². The molecule has 0 N–H and O–H groups in total. The highest BCUT2D eigenvalue weighted by molar-refractivity contribution is 7.71. The molecule has 0 bridgehead atoms. The monoisotopic (exact) mass is 387 g/mol. The molecule has 2 aromatic heterocycles. The lowest BCUT2D eigenvalue weighted by Gasteiger charge is -2.26. The molecule has 1 aliphatic rings. The molecule has 3 heterocycles. The Morgan fingerprint density at radius 1 is 1.04 bits per heavy atom. The van der Waals surface area contributed by atoms with Crippen molar-refractivity contribution >= 4 is 23.8 Å². The molecule has 0 unspecified atom stereocenters. The van der Waals surface area contributed by atoms with Crippen molar-refractivity contribution in [3.63, 3.8) is 0 Å². The zero-order chi connectivity index (χ0) is 17.9. The lowest BCUT2D eigenvalue weighted by molar-refractivity contribution is 0.0210. The van der Waals surface area contributed by atoms with E-state index >= 15 is 0 Å². The molecule has 4 rings (SSSR count). The van der Waals surface area contributed by atoms with Crippen LogP contribution in [0.4, 0.5) is 0 Å². The van der Waals surface area contributed by atoms with Crippen LogP contribution in [-0.4, -0.2) is 50.5 Å². The van der Waals surface area contributed by atoms with E-state index in [9.17, 15) is 0 Å². The van der Waals surface area contributed by atoms with Crippen molar-refractivity contribution in [3.05, 3.63) is 58.6 Å². The highest BCUT2D eigenvalue weighted by atomic mass is 35.5. The first-order valence-corrected chi connectivity index (χ1v) is 9.17. The zero-order valence-electron chi connectivity index (χ0n) is 14.1. The summed E-state index contributed by atoms with van der Waals surface area (Å²) in [5.74, 6) is 0.785. The predicted molar refractivity (Wildman–Crippen MR) is 103 cm³/mol. The second-order valence-corrected chi connectivity index (χ2v) is 6.83. The van der Waals surface area contributed by atoms with Crippen LogP contribution in [0.3, 0.4) is 0 Å². The van der Waals surface area contributed by atoms with Gasteiger partial charge in [0.05, 0.1) is 25.6 Å². The van der Waals surface area contributed by atoms with Crippen LogP contribution in [0.25, 0.3) is 17.1 Å². The Morgan fingerprint density at radius 3 is 2.42 bits per heavy atom. The molecule has 134 valence electrons. The number of benzene rings is 1. The minimum atomic E-state index is 0.640. The third-order valence-corrected chi connectivity index (χ3v) is 4.95. The molecule has 1 aliphatic heterocycles. The number of nitrogens with zero attached hydrogens (tertiary/aromatic N) is 5. The van der Waals surface area contributed by atoms with Crippen LogP contribution in [0.2, 0.25) is 5.02 Å². The first kappa shape index (κ1) is 17.4. The van der Waals surface area contributed by atoms with Gasteiger partial charge in [-0.2, -0.15) is 0 Å². The standard InChI is InChI=1S/C18H18ClN5OS/c19-15-1-3-16(4-2-15)24-17(14-5-7-20-8-6-14)21-23(18(24)26)13-22-9-11-25-12-10-22/h1-8H,9-13H2. The first-order valence-electron chi connectivity index (χ1n) is 8.39. The number of aromatic nitrogens is 4. The third-order valence-electron chi connectivity index (χ3n) is 4.30. The molecule has 1 fully saturated rings. The Balaban J connectivity index is 1.79. The third kappa shape index (κ3) is 3.57. The van der Waals surface area contributed by atoms with Crippen LogP contribution in [0.1, 0.15) is 0 Å². The van der Waals surface area contributed by atoms with Crippen LogP contribution >= 0.6 is 23.8 Å². The van der Waals surface area contributed by atoms with Crippen molar-refractivity contribution in [2.75, 3.05) is 26.3 Å². The van der Waals surface area contributed by atoms with Crippen molar-refractivity contribution in [3.8, 4) is 17.1 Å². The van der Waals surface area contributed by atoms with E-state index in [1.807, 2.05) is 45.6 Å². The van der Waals surface area contributed by atoms with E-state index in [1.54, 1.807) is 12.4 Å². The second kappa shape index (κ2) is 7.67. The van der Waals surface area contributed by atoms with Crippen molar-refractivity contribution in [2.24, 2.45) is 0 Å². The fraction of sp³-hybridized carbons (Fsp3) is 0.278. The van der Waals surface area contributed by atoms with E-state index in [2.05, 4.69) is 9.88 Å². The van der Waals surface area contributed by atoms with Crippen molar-refractivity contribution in [2.45, 2.75) is 6.67 Å². The maximum Gasteiger partial charge on any atom is 0.204 e. The molecule has 0 aliphatic carbocycles. The lowest BCUT2D eigenvalue weighted by atomic mass is 10.2. The normalized spacial score (nSPS) is 15.3. The van der Waals surface area contributed by atoms with Gasteiger partial charge in [0.2, 0.25) is 4.77 Å². The molecule has 0 radical (unpaired) electrons. The fourth-order valence-corrected chi connectivity index (χ4v) is 3.36. The minimum absolute atomic E-state index is 0.640. The number of hydrogen-bond acceptors (Lipinski definition) is 5. The molecule has 0 saturated carbocycles. The van der Waals surface area contributed by atoms with Gasteiger partial charge in [-0.1, -0.05) is 11.6 Å². The molecule has 8 heteroatoms. The maximum absolute atomic E-state index is 6.05. The average Bonchev–Trinajstić information content (AvgIpc) is 3.00. The number of pyridine rings is 1. The van der Waals surface area contributed by atoms with Gasteiger partial charge in [0.1, 0.15) is 0 Å². The summed E-state index contributed by atoms with van der Waals surface area (Å²) < 4.78 is 9.91. The van der Waals surface area contributed by atoms with E-state index in [4.69, 9.17) is 33.7 Å². The number of hydrogen-bond donors (Lipinski definition) is 0. The average molecular weight is 388 g/mol. The van der Waals surface area contributed by atoms with Crippen LogP contribution in [0, 0.1) is 4.77 Å². The molecule has 6 nitrogen and oxygen atoms in total. The van der Waals surface area contributed by atoms with Gasteiger partial charge in [0.15, 0.2) is 5.82 Å². The van der Waals surface area contributed by atoms with Gasteiger partial charge in [-0.15, -0.1) is 5.10 Å². The first-order chi connectivity index (χ1) is 12.7. The van der Waals surface area contributed by atoms with E-state index in [0.717, 1.165) is 43.4 Å². The highest BCUT2D eigenvalue weighted by Gasteiger charge is 2.17. The van der Waals surface area contributed by atoms with Gasteiger partial charge in [-0.3, -0.25) is 14.5 Å². The molecule has 26 heavy (non-hydrogen) atoms. The topological polar surface area (TPSA) is 48.1 Å². The van der Waals surface area contributed by atoms with E-state index in [-0.39, 0.29) is 0 Å². The zero-order valence-corrected chi connectivity index (χ0v) is 15.7. The smallest absolute Gasteiger partial charge is 0.204 e. The van der Waals surface area contributed by atoms with Crippen molar-refractivity contribution < 1.29 is 4.74 Å². The molecular formula is C18H18ClN5OS. The Morgan fingerprint density at radius 2 is 1.73 bits per heavy atom. The van der Waals surface area contributed by atoms with Gasteiger partial charge in [0.25, 0.3) is 0 Å². The van der Waals surface area contributed by atoms with E-state index < -0.39 is 0 Å². The molecule has 1 aromatic carbocycles. The number of rotatable bonds is 4. The summed E-state index contributed by atoms with van der Waals surface area (Å²) in [6, 6.07) is 11.5. The number of morpholine rings is 1. The quantitative estimate of drug-likeness (QED) is 0.642. The Bertz CT molecular complexity index is 932. The molecule has 0 amide bonds. The van der Waals surface area contributed by atoms with Gasteiger partial charge in [-0.25, -0.2) is 4.68 Å². The summed E-state index contributed by atoms with van der Waals surface area (Å²) in [5, 5.41) is 5.49. The number of ether oxygens (including phenoxy) is 1. The highest BCUT2D eigenvalue weighted by Crippen LogP contribution is 2.23. The van der Waals surface area contributed by atoms with Crippen molar-refractivity contribution in [1.29, 1.82) is 0 Å². The SMILES string of the molecule is S=c1n(CN2CCOCC2)nc(-c2ccncc2)n1-c1ccc(Cl)cc1. The summed E-state index contributed by atoms with van der Waals surface area (Å²) in [5.41, 5.74) is 1.89. The molecule has 1 saturated heterocycles. The molecular weight excluding hydrogens is 370 g/mol. The van der Waals surface area contributed by atoms with Crippen LogP contribution in [0.5, 0.6) is 0 Å². The number of halogens is 1. The van der Waals surface area contributed by atoms with Crippen LogP contribution in [-0.2, 0) is 11.4 Å². The Kier molecular flexibility index (Phi) is 5.12. The predicted octanol–water partition coefficient (Wildman–Crippen LogP) is 3.41. The van der Waals surface area contributed by atoms with Gasteiger partial charge in [-0.05, 0) is 48.6 Å². The maximum atomic E-state index is 6.05. The molecule has 0 spiro atoms. The van der Waals surface area contributed by atoms with E-state index in [0.29, 0.717) is 16.5 Å². The lowest BCUT2D eigenvalue weighted by Crippen LogP contribution is -2.37. The Hall–Kier alpha value is -2.06. The second-order valence-electron chi connectivity index (χ2n) is 6.03. The van der Waals surface area contributed by atoms with Gasteiger partial charge >= 0.3 is 0 Å². The summed E-state index contributed by atoms with van der Waals surface area (Å²) in [4.78, 5) is 6.38. The van der Waals surface area contributed by atoms with Gasteiger partial charge < -0.3 is 4.74 Å². The molecule has 0 atom stereocenters. The van der Waals surface area contributed by atoms with Crippen molar-refractivity contribution in [1.82, 2.24) is 24.2 Å². The van der Waals surface area contributed by atoms with E-state index in [1.165, 1.54) is 0 Å². The van der Waals surface area contributed by atoms with Crippen LogP contribution < -0.4 is 0 Å². The molecule has 3 aromatic rings. The fourth-order valence-electron chi connectivity index (χ4n) is 2.94. The Labute approximate surface area is 161 Å². The summed E-state index contributed by atoms with van der Waals surface area (Å²) >= 11 is 11.8.